The minimum atomic E-state index is -0.177. The molecule has 0 aliphatic heterocycles. The van der Waals surface area contributed by atoms with Crippen LogP contribution < -0.4 is 5.56 Å². The second kappa shape index (κ2) is 4.39. The summed E-state index contributed by atoms with van der Waals surface area (Å²) in [6.07, 6.45) is 1.48. The minimum absolute atomic E-state index is 0.177. The molecule has 80 valence electrons. The van der Waals surface area contributed by atoms with E-state index in [1.165, 1.54) is 24.4 Å². The minimum Gasteiger partial charge on any atom is -0.508 e. The average Bonchev–Trinajstić information content (AvgIpc) is 2.30. The molecule has 2 aromatic rings. The molecule has 1 aromatic carbocycles. The Morgan fingerprint density at radius 3 is 2.19 bits per heavy atom. The molecule has 2 rings (SSSR count). The fraction of sp³-hybridized carbons (Fsp3) is 0. The molecule has 0 unspecified atom stereocenters. The summed E-state index contributed by atoms with van der Waals surface area (Å²) in [5.74, 6) is 0.183. The van der Waals surface area contributed by atoms with Gasteiger partial charge in [0.15, 0.2) is 0 Å². The van der Waals surface area contributed by atoms with Gasteiger partial charge in [-0.2, -0.15) is 5.11 Å². The predicted molar refractivity (Wildman–Crippen MR) is 59.3 cm³/mol. The number of rotatable bonds is 2. The number of aromatic nitrogens is 1. The molecule has 1 heterocycles. The Labute approximate surface area is 91.1 Å². The maximum Gasteiger partial charge on any atom is 0.248 e. The highest BCUT2D eigenvalue weighted by Crippen LogP contribution is 2.19. The molecule has 2 N–H and O–H groups in total. The first-order valence-corrected chi connectivity index (χ1v) is 4.63. The van der Waals surface area contributed by atoms with Gasteiger partial charge in [0.25, 0.3) is 0 Å². The summed E-state index contributed by atoms with van der Waals surface area (Å²) < 4.78 is 0. The van der Waals surface area contributed by atoms with Gasteiger partial charge in [0.2, 0.25) is 5.56 Å². The molecule has 0 fully saturated rings. The molecule has 0 spiro atoms. The van der Waals surface area contributed by atoms with Gasteiger partial charge >= 0.3 is 0 Å². The monoisotopic (exact) mass is 215 g/mol. The number of phenols is 1. The maximum absolute atomic E-state index is 10.8. The van der Waals surface area contributed by atoms with Crippen LogP contribution in [0.25, 0.3) is 0 Å². The fourth-order valence-corrected chi connectivity index (χ4v) is 1.10. The Bertz CT molecular complexity index is 538. The highest BCUT2D eigenvalue weighted by molar-refractivity contribution is 5.41. The third-order valence-corrected chi connectivity index (χ3v) is 1.90. The molecule has 0 saturated carbocycles. The van der Waals surface area contributed by atoms with Gasteiger partial charge in [-0.3, -0.25) is 4.79 Å². The summed E-state index contributed by atoms with van der Waals surface area (Å²) in [7, 11) is 0. The third kappa shape index (κ3) is 2.54. The number of H-pyrrole nitrogens is 1. The van der Waals surface area contributed by atoms with E-state index in [2.05, 4.69) is 15.2 Å². The lowest BCUT2D eigenvalue weighted by Gasteiger charge is -1.93. The lowest BCUT2D eigenvalue weighted by atomic mass is 10.3. The van der Waals surface area contributed by atoms with Gasteiger partial charge in [0.1, 0.15) is 11.4 Å². The lowest BCUT2D eigenvalue weighted by molar-refractivity contribution is 0.475. The van der Waals surface area contributed by atoms with Gasteiger partial charge in [-0.05, 0) is 30.3 Å². The van der Waals surface area contributed by atoms with Crippen molar-refractivity contribution in [3.63, 3.8) is 0 Å². The number of phenolic OH excluding ortho intramolecular Hbond substituents is 1. The molecule has 5 nitrogen and oxygen atoms in total. The quantitative estimate of drug-likeness (QED) is 0.755. The number of aromatic amines is 1. The SMILES string of the molecule is O=c1ccc(N=Nc2ccc(O)cc2)c[nH]1. The van der Waals surface area contributed by atoms with Crippen molar-refractivity contribution in [2.45, 2.75) is 0 Å². The molecule has 0 aliphatic rings. The largest absolute Gasteiger partial charge is 0.508 e. The van der Waals surface area contributed by atoms with E-state index < -0.39 is 0 Å². The van der Waals surface area contributed by atoms with Gasteiger partial charge in [-0.25, -0.2) is 0 Å². The summed E-state index contributed by atoms with van der Waals surface area (Å²) >= 11 is 0. The highest BCUT2D eigenvalue weighted by Gasteiger charge is 1.91. The smallest absolute Gasteiger partial charge is 0.248 e. The lowest BCUT2D eigenvalue weighted by Crippen LogP contribution is -1.99. The molecular weight excluding hydrogens is 206 g/mol. The number of azo groups is 1. The molecule has 0 radical (unpaired) electrons. The number of hydrogen-bond acceptors (Lipinski definition) is 4. The van der Waals surface area contributed by atoms with Crippen LogP contribution in [0.15, 0.2) is 57.6 Å². The summed E-state index contributed by atoms with van der Waals surface area (Å²) in [6.45, 7) is 0. The Balaban J connectivity index is 2.18. The Morgan fingerprint density at radius 2 is 1.56 bits per heavy atom. The third-order valence-electron chi connectivity index (χ3n) is 1.90. The number of hydrogen-bond donors (Lipinski definition) is 2. The maximum atomic E-state index is 10.8. The molecule has 0 saturated heterocycles. The van der Waals surface area contributed by atoms with Crippen molar-refractivity contribution in [3.05, 3.63) is 52.9 Å². The van der Waals surface area contributed by atoms with Crippen molar-refractivity contribution < 1.29 is 5.11 Å². The summed E-state index contributed by atoms with van der Waals surface area (Å²) in [4.78, 5) is 13.3. The second-order valence-corrected chi connectivity index (χ2v) is 3.13. The zero-order valence-corrected chi connectivity index (χ0v) is 8.29. The van der Waals surface area contributed by atoms with Crippen LogP contribution in [-0.2, 0) is 0 Å². The first-order chi connectivity index (χ1) is 7.74. The van der Waals surface area contributed by atoms with Crippen LogP contribution in [0.3, 0.4) is 0 Å². The van der Waals surface area contributed by atoms with Crippen LogP contribution in [0.5, 0.6) is 5.75 Å². The standard InChI is InChI=1S/C11H9N3O2/c15-10-4-1-8(2-5-10)13-14-9-3-6-11(16)12-7-9/h1-7,15H,(H,12,16). The van der Waals surface area contributed by atoms with Crippen LogP contribution in [-0.4, -0.2) is 10.1 Å². The number of aromatic hydroxyl groups is 1. The zero-order chi connectivity index (χ0) is 11.4. The van der Waals surface area contributed by atoms with Gasteiger partial charge in [0.05, 0.1) is 5.69 Å². The summed E-state index contributed by atoms with van der Waals surface area (Å²) in [5.41, 5.74) is 1.01. The van der Waals surface area contributed by atoms with Crippen LogP contribution in [0.4, 0.5) is 11.4 Å². The van der Waals surface area contributed by atoms with E-state index >= 15 is 0 Å². The van der Waals surface area contributed by atoms with E-state index in [-0.39, 0.29) is 11.3 Å². The molecular formula is C11H9N3O2. The van der Waals surface area contributed by atoms with Crippen LogP contribution in [0, 0.1) is 0 Å². The predicted octanol–water partition coefficient (Wildman–Crippen LogP) is 2.50. The van der Waals surface area contributed by atoms with Crippen molar-refractivity contribution in [3.8, 4) is 5.75 Å². The summed E-state index contributed by atoms with van der Waals surface area (Å²) in [5, 5.41) is 16.9. The topological polar surface area (TPSA) is 77.8 Å². The normalized spacial score (nSPS) is 10.8. The second-order valence-electron chi connectivity index (χ2n) is 3.13. The fourth-order valence-electron chi connectivity index (χ4n) is 1.10. The van der Waals surface area contributed by atoms with Crippen molar-refractivity contribution in [2.75, 3.05) is 0 Å². The van der Waals surface area contributed by atoms with Crippen LogP contribution >= 0.6 is 0 Å². The van der Waals surface area contributed by atoms with Crippen LogP contribution in [0.1, 0.15) is 0 Å². The molecule has 0 amide bonds. The number of pyridine rings is 1. The van der Waals surface area contributed by atoms with E-state index in [4.69, 9.17) is 5.11 Å². The Hall–Kier alpha value is -2.43. The zero-order valence-electron chi connectivity index (χ0n) is 8.29. The molecule has 0 aliphatic carbocycles. The Kier molecular flexibility index (Phi) is 2.77. The first kappa shape index (κ1) is 10.1. The van der Waals surface area contributed by atoms with Crippen molar-refractivity contribution in [1.82, 2.24) is 4.98 Å². The number of benzene rings is 1. The molecule has 5 heteroatoms. The molecule has 1 aromatic heterocycles. The number of nitrogens with zero attached hydrogens (tertiary/aromatic N) is 2. The van der Waals surface area contributed by atoms with Crippen LogP contribution in [0.2, 0.25) is 0 Å². The first-order valence-electron chi connectivity index (χ1n) is 4.63. The van der Waals surface area contributed by atoms with E-state index in [9.17, 15) is 4.79 Å². The van der Waals surface area contributed by atoms with Gasteiger partial charge < -0.3 is 10.1 Å². The Morgan fingerprint density at radius 1 is 0.938 bits per heavy atom. The molecule has 0 atom stereocenters. The van der Waals surface area contributed by atoms with E-state index in [0.29, 0.717) is 11.4 Å². The van der Waals surface area contributed by atoms with Gasteiger partial charge in [0, 0.05) is 12.3 Å². The summed E-state index contributed by atoms with van der Waals surface area (Å²) in [6, 6.07) is 9.30. The average molecular weight is 215 g/mol. The van der Waals surface area contributed by atoms with Crippen molar-refractivity contribution in [2.24, 2.45) is 10.2 Å². The highest BCUT2D eigenvalue weighted by atomic mass is 16.3. The van der Waals surface area contributed by atoms with E-state index in [1.54, 1.807) is 18.2 Å². The van der Waals surface area contributed by atoms with Crippen molar-refractivity contribution >= 4 is 11.4 Å². The molecule has 0 bridgehead atoms. The molecule has 16 heavy (non-hydrogen) atoms. The van der Waals surface area contributed by atoms with E-state index in [0.717, 1.165) is 0 Å². The number of nitrogens with one attached hydrogen (secondary N) is 1. The van der Waals surface area contributed by atoms with E-state index in [1.807, 2.05) is 0 Å². The van der Waals surface area contributed by atoms with Crippen molar-refractivity contribution in [1.29, 1.82) is 0 Å². The van der Waals surface area contributed by atoms with Gasteiger partial charge in [-0.1, -0.05) is 0 Å². The van der Waals surface area contributed by atoms with Gasteiger partial charge in [-0.15, -0.1) is 5.11 Å².